The normalized spacial score (nSPS) is 20.8. The lowest BCUT2D eigenvalue weighted by molar-refractivity contribution is -0.134. The second kappa shape index (κ2) is 9.85. The van der Waals surface area contributed by atoms with Crippen LogP contribution in [-0.4, -0.2) is 58.4 Å². The Morgan fingerprint density at radius 1 is 1.00 bits per heavy atom. The molecule has 2 aromatic rings. The zero-order valence-corrected chi connectivity index (χ0v) is 17.3. The molecule has 1 aliphatic heterocycles. The van der Waals surface area contributed by atoms with Crippen LogP contribution in [0.3, 0.4) is 0 Å². The lowest BCUT2D eigenvalue weighted by atomic mass is 9.94. The first-order chi connectivity index (χ1) is 14.7. The highest BCUT2D eigenvalue weighted by Crippen LogP contribution is 2.25. The first-order valence-corrected chi connectivity index (χ1v) is 10.8. The maximum Gasteiger partial charge on any atom is 0.254 e. The summed E-state index contributed by atoms with van der Waals surface area (Å²) in [4.78, 5) is 33.8. The van der Waals surface area contributed by atoms with Gasteiger partial charge in [0, 0.05) is 37.1 Å². The van der Waals surface area contributed by atoms with E-state index in [1.54, 1.807) is 29.4 Å². The van der Waals surface area contributed by atoms with Crippen LogP contribution >= 0.6 is 0 Å². The molecule has 158 valence electrons. The molecule has 0 unspecified atom stereocenters. The zero-order chi connectivity index (χ0) is 20.8. The van der Waals surface area contributed by atoms with E-state index in [1.165, 1.54) is 6.42 Å². The summed E-state index contributed by atoms with van der Waals surface area (Å²) in [6.07, 6.45) is 8.61. The van der Waals surface area contributed by atoms with Crippen LogP contribution in [0.25, 0.3) is 0 Å². The Balaban J connectivity index is 1.52. The Labute approximate surface area is 177 Å². The van der Waals surface area contributed by atoms with Crippen molar-refractivity contribution in [2.75, 3.05) is 19.6 Å². The van der Waals surface area contributed by atoms with Crippen LogP contribution in [-0.2, 0) is 16.1 Å². The summed E-state index contributed by atoms with van der Waals surface area (Å²) < 4.78 is 6.23. The SMILES string of the molecule is O=C(c1ccncc1)N1CC(=O)N(C2CCCCC2)C[C@H](OCc2ccccc2)C1. The van der Waals surface area contributed by atoms with E-state index >= 15 is 0 Å². The Hall–Kier alpha value is -2.73. The number of pyridine rings is 1. The average Bonchev–Trinajstić information content (AvgIpc) is 2.98. The third kappa shape index (κ3) is 5.05. The van der Waals surface area contributed by atoms with E-state index in [-0.39, 0.29) is 30.5 Å². The fourth-order valence-corrected chi connectivity index (χ4v) is 4.41. The van der Waals surface area contributed by atoms with Crippen molar-refractivity contribution in [2.45, 2.75) is 50.9 Å². The number of hydrogen-bond donors (Lipinski definition) is 0. The standard InChI is InChI=1S/C24H29N3O3/c28-23-17-26(24(29)20-11-13-25-14-12-20)15-22(30-18-19-7-3-1-4-8-19)16-27(23)21-9-5-2-6-10-21/h1,3-4,7-8,11-14,21-22H,2,5-6,9-10,15-18H2/t22-/m1/s1. The molecule has 1 saturated heterocycles. The molecule has 1 atom stereocenters. The summed E-state index contributed by atoms with van der Waals surface area (Å²) in [5, 5.41) is 0. The van der Waals surface area contributed by atoms with Gasteiger partial charge < -0.3 is 14.5 Å². The van der Waals surface area contributed by atoms with E-state index in [9.17, 15) is 9.59 Å². The minimum atomic E-state index is -0.218. The molecule has 1 aromatic carbocycles. The number of hydrogen-bond acceptors (Lipinski definition) is 4. The van der Waals surface area contributed by atoms with E-state index in [0.717, 1.165) is 31.2 Å². The summed E-state index contributed by atoms with van der Waals surface area (Å²) in [7, 11) is 0. The van der Waals surface area contributed by atoms with Crippen molar-refractivity contribution in [1.82, 2.24) is 14.8 Å². The fraction of sp³-hybridized carbons (Fsp3) is 0.458. The van der Waals surface area contributed by atoms with E-state index in [4.69, 9.17) is 4.74 Å². The van der Waals surface area contributed by atoms with Gasteiger partial charge >= 0.3 is 0 Å². The van der Waals surface area contributed by atoms with Crippen LogP contribution < -0.4 is 0 Å². The lowest BCUT2D eigenvalue weighted by Gasteiger charge is -2.34. The van der Waals surface area contributed by atoms with Gasteiger partial charge in [0.15, 0.2) is 0 Å². The number of aromatic nitrogens is 1. The summed E-state index contributed by atoms with van der Waals surface area (Å²) in [6.45, 7) is 1.51. The molecule has 1 aromatic heterocycles. The van der Waals surface area contributed by atoms with Crippen molar-refractivity contribution in [3.05, 3.63) is 66.0 Å². The van der Waals surface area contributed by atoms with Crippen molar-refractivity contribution in [3.8, 4) is 0 Å². The third-order valence-electron chi connectivity index (χ3n) is 6.03. The molecule has 1 saturated carbocycles. The minimum Gasteiger partial charge on any atom is -0.370 e. The average molecular weight is 408 g/mol. The van der Waals surface area contributed by atoms with Gasteiger partial charge in [-0.25, -0.2) is 0 Å². The topological polar surface area (TPSA) is 62.7 Å². The third-order valence-corrected chi connectivity index (χ3v) is 6.03. The number of carbonyl (C=O) groups excluding carboxylic acids is 2. The molecule has 0 spiro atoms. The fourth-order valence-electron chi connectivity index (χ4n) is 4.41. The largest absolute Gasteiger partial charge is 0.370 e. The number of ether oxygens (including phenoxy) is 1. The van der Waals surface area contributed by atoms with Gasteiger partial charge in [-0.3, -0.25) is 14.6 Å². The lowest BCUT2D eigenvalue weighted by Crippen LogP contribution is -2.46. The van der Waals surface area contributed by atoms with Gasteiger partial charge in [0.25, 0.3) is 5.91 Å². The summed E-state index contributed by atoms with van der Waals surface area (Å²) in [5.74, 6) is -0.125. The molecular weight excluding hydrogens is 378 g/mol. The Bertz CT molecular complexity index is 837. The van der Waals surface area contributed by atoms with Gasteiger partial charge in [0.2, 0.25) is 5.91 Å². The highest BCUT2D eigenvalue weighted by molar-refractivity contribution is 5.96. The number of amides is 2. The Morgan fingerprint density at radius 2 is 1.73 bits per heavy atom. The van der Waals surface area contributed by atoms with Crippen LogP contribution in [0.15, 0.2) is 54.9 Å². The van der Waals surface area contributed by atoms with Gasteiger partial charge in [0.1, 0.15) is 6.54 Å². The van der Waals surface area contributed by atoms with Crippen LogP contribution in [0.1, 0.15) is 48.0 Å². The quantitative estimate of drug-likeness (QED) is 0.763. The first-order valence-electron chi connectivity index (χ1n) is 10.8. The second-order valence-electron chi connectivity index (χ2n) is 8.18. The molecule has 0 bridgehead atoms. The smallest absolute Gasteiger partial charge is 0.254 e. The van der Waals surface area contributed by atoms with E-state index < -0.39 is 0 Å². The molecule has 2 heterocycles. The van der Waals surface area contributed by atoms with Crippen molar-refractivity contribution < 1.29 is 14.3 Å². The van der Waals surface area contributed by atoms with Gasteiger partial charge in [-0.15, -0.1) is 0 Å². The van der Waals surface area contributed by atoms with Gasteiger partial charge in [-0.1, -0.05) is 49.6 Å². The summed E-state index contributed by atoms with van der Waals surface area (Å²) in [6, 6.07) is 13.7. The van der Waals surface area contributed by atoms with E-state index in [0.29, 0.717) is 25.3 Å². The predicted molar refractivity (Wildman–Crippen MR) is 114 cm³/mol. The Kier molecular flexibility index (Phi) is 6.74. The maximum atomic E-state index is 13.1. The molecule has 2 amide bonds. The minimum absolute atomic E-state index is 0.0233. The number of carbonyl (C=O) groups is 2. The molecule has 0 radical (unpaired) electrons. The number of benzene rings is 1. The predicted octanol–water partition coefficient (Wildman–Crippen LogP) is 3.28. The zero-order valence-electron chi connectivity index (χ0n) is 17.3. The second-order valence-corrected chi connectivity index (χ2v) is 8.18. The molecule has 4 rings (SSSR count). The first kappa shape index (κ1) is 20.5. The molecule has 6 heteroatoms. The summed E-state index contributed by atoms with van der Waals surface area (Å²) >= 11 is 0. The molecule has 2 aliphatic rings. The molecule has 6 nitrogen and oxygen atoms in total. The number of rotatable bonds is 5. The molecule has 1 aliphatic carbocycles. The monoisotopic (exact) mass is 407 g/mol. The van der Waals surface area contributed by atoms with Gasteiger partial charge in [-0.2, -0.15) is 0 Å². The van der Waals surface area contributed by atoms with Gasteiger partial charge in [-0.05, 0) is 30.5 Å². The van der Waals surface area contributed by atoms with Crippen molar-refractivity contribution >= 4 is 11.8 Å². The Morgan fingerprint density at radius 3 is 2.47 bits per heavy atom. The van der Waals surface area contributed by atoms with Crippen molar-refractivity contribution in [1.29, 1.82) is 0 Å². The van der Waals surface area contributed by atoms with Crippen molar-refractivity contribution in [2.24, 2.45) is 0 Å². The van der Waals surface area contributed by atoms with E-state index in [1.807, 2.05) is 35.2 Å². The molecule has 0 N–H and O–H groups in total. The molecule has 2 fully saturated rings. The molecule has 30 heavy (non-hydrogen) atoms. The van der Waals surface area contributed by atoms with Crippen LogP contribution in [0.2, 0.25) is 0 Å². The maximum absolute atomic E-state index is 13.1. The highest BCUT2D eigenvalue weighted by Gasteiger charge is 2.35. The van der Waals surface area contributed by atoms with Crippen LogP contribution in [0.4, 0.5) is 0 Å². The van der Waals surface area contributed by atoms with Crippen molar-refractivity contribution in [3.63, 3.8) is 0 Å². The highest BCUT2D eigenvalue weighted by atomic mass is 16.5. The van der Waals surface area contributed by atoms with Crippen LogP contribution in [0.5, 0.6) is 0 Å². The molecular formula is C24H29N3O3. The van der Waals surface area contributed by atoms with E-state index in [2.05, 4.69) is 4.98 Å². The van der Waals surface area contributed by atoms with Gasteiger partial charge in [0.05, 0.1) is 12.7 Å². The van der Waals surface area contributed by atoms with Crippen LogP contribution in [0, 0.1) is 0 Å². The summed E-state index contributed by atoms with van der Waals surface area (Å²) in [5.41, 5.74) is 1.63. The number of nitrogens with zero attached hydrogens (tertiary/aromatic N) is 3.